The van der Waals surface area contributed by atoms with Crippen molar-refractivity contribution in [3.63, 3.8) is 0 Å². The number of halogens is 2. The van der Waals surface area contributed by atoms with Gasteiger partial charge >= 0.3 is 0 Å². The monoisotopic (exact) mass is 315 g/mol. The normalized spacial score (nSPS) is 11.0. The molecule has 0 atom stereocenters. The number of unbranched alkanes of at least 4 members (excludes halogenated alkanes) is 2. The number of aliphatic hydroxyl groups is 1. The van der Waals surface area contributed by atoms with Crippen LogP contribution in [0.25, 0.3) is 6.08 Å². The minimum absolute atomic E-state index is 0.0787. The van der Waals surface area contributed by atoms with Crippen LogP contribution in [0.3, 0.4) is 0 Å². The largest absolute Gasteiger partial charge is 0.396 e. The molecule has 0 bridgehead atoms. The summed E-state index contributed by atoms with van der Waals surface area (Å²) in [4.78, 5) is 13.5. The molecule has 0 aliphatic rings. The van der Waals surface area contributed by atoms with Crippen molar-refractivity contribution in [2.45, 2.75) is 19.3 Å². The minimum atomic E-state index is -0.0787. The number of hydrogen-bond donors (Lipinski definition) is 1. The lowest BCUT2D eigenvalue weighted by Gasteiger charge is -2.14. The molecule has 3 nitrogen and oxygen atoms in total. The molecule has 1 N–H and O–H groups in total. The van der Waals surface area contributed by atoms with Gasteiger partial charge in [-0.2, -0.15) is 0 Å². The molecule has 1 amide bonds. The van der Waals surface area contributed by atoms with Crippen molar-refractivity contribution in [2.24, 2.45) is 0 Å². The molecule has 20 heavy (non-hydrogen) atoms. The Morgan fingerprint density at radius 2 is 2.05 bits per heavy atom. The molecule has 0 saturated heterocycles. The van der Waals surface area contributed by atoms with Crippen molar-refractivity contribution in [2.75, 3.05) is 20.2 Å². The van der Waals surface area contributed by atoms with Gasteiger partial charge in [0.15, 0.2) is 0 Å². The molecule has 0 spiro atoms. The first-order valence-electron chi connectivity index (χ1n) is 6.54. The second kappa shape index (κ2) is 9.01. The highest BCUT2D eigenvalue weighted by Crippen LogP contribution is 2.26. The zero-order valence-corrected chi connectivity index (χ0v) is 13.0. The Labute approximate surface area is 129 Å². The SMILES string of the molecule is CN(CCCCCO)C(=O)/C=C/c1cccc(Cl)c1Cl. The van der Waals surface area contributed by atoms with E-state index in [-0.39, 0.29) is 12.5 Å². The van der Waals surface area contributed by atoms with Crippen LogP contribution in [-0.2, 0) is 4.79 Å². The molecule has 1 aromatic rings. The molecule has 1 aromatic carbocycles. The third-order valence-corrected chi connectivity index (χ3v) is 3.75. The van der Waals surface area contributed by atoms with E-state index in [0.717, 1.165) is 24.8 Å². The van der Waals surface area contributed by atoms with Gasteiger partial charge in [-0.05, 0) is 37.0 Å². The standard InChI is InChI=1S/C15H19Cl2NO2/c1-18(10-3-2-4-11-19)14(20)9-8-12-6-5-7-13(16)15(12)17/h5-9,19H,2-4,10-11H2,1H3/b9-8+. The van der Waals surface area contributed by atoms with Crippen molar-refractivity contribution >= 4 is 35.2 Å². The molecule has 0 aliphatic heterocycles. The Hall–Kier alpha value is -1.03. The number of hydrogen-bond acceptors (Lipinski definition) is 2. The summed E-state index contributed by atoms with van der Waals surface area (Å²) in [7, 11) is 1.76. The predicted octanol–water partition coefficient (Wildman–Crippen LogP) is 3.63. The van der Waals surface area contributed by atoms with Crippen molar-refractivity contribution in [3.8, 4) is 0 Å². The first-order chi connectivity index (χ1) is 9.56. The van der Waals surface area contributed by atoms with Crippen molar-refractivity contribution in [3.05, 3.63) is 39.9 Å². The van der Waals surface area contributed by atoms with E-state index in [1.807, 2.05) is 0 Å². The van der Waals surface area contributed by atoms with Crippen LogP contribution in [-0.4, -0.2) is 36.1 Å². The summed E-state index contributed by atoms with van der Waals surface area (Å²) in [5, 5.41) is 9.60. The fraction of sp³-hybridized carbons (Fsp3) is 0.400. The Morgan fingerprint density at radius 3 is 2.75 bits per heavy atom. The summed E-state index contributed by atoms with van der Waals surface area (Å²) in [6.07, 6.45) is 5.73. The van der Waals surface area contributed by atoms with Crippen molar-refractivity contribution in [1.82, 2.24) is 4.90 Å². The second-order valence-electron chi connectivity index (χ2n) is 4.52. The topological polar surface area (TPSA) is 40.5 Å². The summed E-state index contributed by atoms with van der Waals surface area (Å²) in [6.45, 7) is 0.872. The average Bonchev–Trinajstić information content (AvgIpc) is 2.44. The predicted molar refractivity (Wildman–Crippen MR) is 84.1 cm³/mol. The van der Waals surface area contributed by atoms with E-state index in [1.54, 1.807) is 36.2 Å². The van der Waals surface area contributed by atoms with E-state index in [9.17, 15) is 4.79 Å². The zero-order chi connectivity index (χ0) is 15.0. The van der Waals surface area contributed by atoms with Crippen LogP contribution in [0.4, 0.5) is 0 Å². The van der Waals surface area contributed by atoms with Gasteiger partial charge in [-0.25, -0.2) is 0 Å². The zero-order valence-electron chi connectivity index (χ0n) is 11.5. The van der Waals surface area contributed by atoms with Gasteiger partial charge < -0.3 is 10.0 Å². The molecule has 0 fully saturated rings. The number of rotatable bonds is 7. The van der Waals surface area contributed by atoms with Gasteiger partial charge in [0.25, 0.3) is 0 Å². The van der Waals surface area contributed by atoms with Crippen LogP contribution in [0.5, 0.6) is 0 Å². The van der Waals surface area contributed by atoms with Gasteiger partial charge in [0, 0.05) is 26.3 Å². The molecular weight excluding hydrogens is 297 g/mol. The molecule has 0 saturated carbocycles. The molecular formula is C15H19Cl2NO2. The first kappa shape index (κ1) is 17.0. The summed E-state index contributed by atoms with van der Waals surface area (Å²) in [5.74, 6) is -0.0787. The number of carbonyl (C=O) groups is 1. The number of benzene rings is 1. The molecule has 1 rings (SSSR count). The molecule has 0 aromatic heterocycles. The van der Waals surface area contributed by atoms with E-state index < -0.39 is 0 Å². The maximum atomic E-state index is 11.9. The average molecular weight is 316 g/mol. The van der Waals surface area contributed by atoms with Gasteiger partial charge in [0.05, 0.1) is 10.0 Å². The van der Waals surface area contributed by atoms with Crippen LogP contribution in [0.2, 0.25) is 10.0 Å². The smallest absolute Gasteiger partial charge is 0.246 e. The molecule has 0 radical (unpaired) electrons. The molecule has 110 valence electrons. The Morgan fingerprint density at radius 1 is 1.30 bits per heavy atom. The third kappa shape index (κ3) is 5.53. The summed E-state index contributed by atoms with van der Waals surface area (Å²) < 4.78 is 0. The summed E-state index contributed by atoms with van der Waals surface area (Å²) >= 11 is 12.0. The Balaban J connectivity index is 2.52. The minimum Gasteiger partial charge on any atom is -0.396 e. The highest BCUT2D eigenvalue weighted by atomic mass is 35.5. The number of nitrogens with zero attached hydrogens (tertiary/aromatic N) is 1. The van der Waals surface area contributed by atoms with E-state index in [1.165, 1.54) is 6.08 Å². The van der Waals surface area contributed by atoms with Crippen LogP contribution in [0, 0.1) is 0 Å². The van der Waals surface area contributed by atoms with Gasteiger partial charge in [-0.15, -0.1) is 0 Å². The highest BCUT2D eigenvalue weighted by Gasteiger charge is 2.05. The lowest BCUT2D eigenvalue weighted by Crippen LogP contribution is -2.25. The van der Waals surface area contributed by atoms with Crippen LogP contribution in [0.15, 0.2) is 24.3 Å². The van der Waals surface area contributed by atoms with Gasteiger partial charge in [0.2, 0.25) is 5.91 Å². The molecule has 0 unspecified atom stereocenters. The Bertz CT molecular complexity index is 475. The lowest BCUT2D eigenvalue weighted by atomic mass is 10.2. The second-order valence-corrected chi connectivity index (χ2v) is 5.31. The van der Waals surface area contributed by atoms with Crippen molar-refractivity contribution < 1.29 is 9.90 Å². The van der Waals surface area contributed by atoms with Gasteiger partial charge in [-0.3, -0.25) is 4.79 Å². The Kier molecular flexibility index (Phi) is 7.67. The van der Waals surface area contributed by atoms with Crippen LogP contribution >= 0.6 is 23.2 Å². The van der Waals surface area contributed by atoms with E-state index in [2.05, 4.69) is 0 Å². The summed E-state index contributed by atoms with van der Waals surface area (Å²) in [5.41, 5.74) is 0.723. The maximum Gasteiger partial charge on any atom is 0.246 e. The quantitative estimate of drug-likeness (QED) is 0.616. The highest BCUT2D eigenvalue weighted by molar-refractivity contribution is 6.42. The molecule has 5 heteroatoms. The molecule has 0 aliphatic carbocycles. The van der Waals surface area contributed by atoms with E-state index >= 15 is 0 Å². The van der Waals surface area contributed by atoms with E-state index in [4.69, 9.17) is 28.3 Å². The number of likely N-dealkylation sites (N-methyl/N-ethyl adjacent to an activating group) is 1. The number of carbonyl (C=O) groups excluding carboxylic acids is 1. The van der Waals surface area contributed by atoms with Crippen LogP contribution in [0.1, 0.15) is 24.8 Å². The maximum absolute atomic E-state index is 11.9. The lowest BCUT2D eigenvalue weighted by molar-refractivity contribution is -0.124. The fourth-order valence-electron chi connectivity index (χ4n) is 1.69. The van der Waals surface area contributed by atoms with Crippen molar-refractivity contribution in [1.29, 1.82) is 0 Å². The number of amides is 1. The van der Waals surface area contributed by atoms with Gasteiger partial charge in [0.1, 0.15) is 0 Å². The molecule has 0 heterocycles. The van der Waals surface area contributed by atoms with Crippen LogP contribution < -0.4 is 0 Å². The first-order valence-corrected chi connectivity index (χ1v) is 7.30. The van der Waals surface area contributed by atoms with E-state index in [0.29, 0.717) is 16.6 Å². The summed E-state index contributed by atoms with van der Waals surface area (Å²) in [6, 6.07) is 5.30. The van der Waals surface area contributed by atoms with Gasteiger partial charge in [-0.1, -0.05) is 35.3 Å². The third-order valence-electron chi connectivity index (χ3n) is 2.91. The number of aliphatic hydroxyl groups excluding tert-OH is 1. The fourth-order valence-corrected chi connectivity index (χ4v) is 2.06.